The SMILES string of the molecule is CC(C)[SiH](C(C)C)C(C)C.I.N.O.Oc1ccccc1. The molecule has 20 heavy (non-hydrogen) atoms. The van der Waals surface area contributed by atoms with E-state index in [-0.39, 0.29) is 35.6 Å². The molecule has 122 valence electrons. The van der Waals surface area contributed by atoms with Crippen molar-refractivity contribution in [3.8, 4) is 5.75 Å². The summed E-state index contributed by atoms with van der Waals surface area (Å²) in [4.78, 5) is 0. The molecule has 0 radical (unpaired) electrons. The molecule has 0 atom stereocenters. The van der Waals surface area contributed by atoms with E-state index in [4.69, 9.17) is 5.11 Å². The summed E-state index contributed by atoms with van der Waals surface area (Å²) in [5.41, 5.74) is 2.92. The van der Waals surface area contributed by atoms with Crippen LogP contribution in [-0.4, -0.2) is 19.4 Å². The molecule has 0 aliphatic heterocycles. The van der Waals surface area contributed by atoms with E-state index in [9.17, 15) is 0 Å². The molecule has 0 fully saturated rings. The van der Waals surface area contributed by atoms with Crippen molar-refractivity contribution in [3.05, 3.63) is 30.3 Å². The van der Waals surface area contributed by atoms with Crippen LogP contribution in [0.2, 0.25) is 16.6 Å². The van der Waals surface area contributed by atoms with Crippen LogP contribution in [0.15, 0.2) is 30.3 Å². The van der Waals surface area contributed by atoms with Crippen LogP contribution in [0.1, 0.15) is 41.5 Å². The quantitative estimate of drug-likeness (QED) is 0.549. The van der Waals surface area contributed by atoms with Crippen LogP contribution in [0, 0.1) is 0 Å². The fourth-order valence-corrected chi connectivity index (χ4v) is 7.36. The monoisotopic (exact) mass is 415 g/mol. The molecule has 0 aliphatic carbocycles. The predicted octanol–water partition coefficient (Wildman–Crippen LogP) is 4.79. The van der Waals surface area contributed by atoms with Gasteiger partial charge in [-0.25, -0.2) is 0 Å². The van der Waals surface area contributed by atoms with Gasteiger partial charge in [-0.1, -0.05) is 76.4 Å². The molecule has 0 aromatic heterocycles. The first-order chi connectivity index (χ1) is 7.86. The molecule has 0 unspecified atom stereocenters. The summed E-state index contributed by atoms with van der Waals surface area (Å²) in [6, 6.07) is 8.71. The molecule has 0 heterocycles. The van der Waals surface area contributed by atoms with Crippen molar-refractivity contribution in [2.24, 2.45) is 0 Å². The molecule has 6 N–H and O–H groups in total. The van der Waals surface area contributed by atoms with Gasteiger partial charge in [0, 0.05) is 8.80 Å². The second-order valence-electron chi connectivity index (χ2n) is 5.64. The van der Waals surface area contributed by atoms with Crippen molar-refractivity contribution in [1.82, 2.24) is 6.15 Å². The summed E-state index contributed by atoms with van der Waals surface area (Å²) in [5.74, 6) is 0.322. The van der Waals surface area contributed by atoms with Crippen molar-refractivity contribution in [2.45, 2.75) is 58.2 Å². The van der Waals surface area contributed by atoms with Gasteiger partial charge in [0.25, 0.3) is 0 Å². The summed E-state index contributed by atoms with van der Waals surface area (Å²) >= 11 is 0. The number of rotatable bonds is 3. The van der Waals surface area contributed by atoms with E-state index in [1.807, 2.05) is 6.07 Å². The number of phenols is 1. The molecule has 0 saturated carbocycles. The number of phenolic OH excluding ortho intramolecular Hbond substituents is 1. The first-order valence-corrected chi connectivity index (χ1v) is 8.60. The summed E-state index contributed by atoms with van der Waals surface area (Å²) in [7, 11) is -0.454. The summed E-state index contributed by atoms with van der Waals surface area (Å²) < 4.78 is 0. The first kappa shape index (κ1) is 28.1. The largest absolute Gasteiger partial charge is 0.508 e. The molecular weight excluding hydrogens is 381 g/mol. The Labute approximate surface area is 143 Å². The minimum Gasteiger partial charge on any atom is -0.508 e. The maximum absolute atomic E-state index is 8.63. The zero-order valence-electron chi connectivity index (χ0n) is 13.8. The van der Waals surface area contributed by atoms with Crippen LogP contribution in [0.4, 0.5) is 0 Å². The van der Waals surface area contributed by atoms with Crippen LogP contribution in [0.3, 0.4) is 0 Å². The fraction of sp³-hybridized carbons (Fsp3) is 0.600. The molecule has 0 bridgehead atoms. The maximum atomic E-state index is 8.63. The number of aromatic hydroxyl groups is 1. The third-order valence-corrected chi connectivity index (χ3v) is 7.68. The Morgan fingerprint density at radius 2 is 1.10 bits per heavy atom. The van der Waals surface area contributed by atoms with Gasteiger partial charge in [0.05, 0.1) is 0 Å². The van der Waals surface area contributed by atoms with Crippen LogP contribution >= 0.6 is 24.0 Å². The third-order valence-electron chi connectivity index (χ3n) is 3.07. The molecule has 1 aromatic carbocycles. The highest BCUT2D eigenvalue weighted by Gasteiger charge is 2.22. The standard InChI is InChI=1S/C9H22Si.C6H6O.HI.H3N.H2O/c1-7(2)10(8(3)4)9(5)6;7-6-4-2-1-3-5-6;;;/h7-10H,1-6H3;1-5,7H;1H;1H3;1H2. The van der Waals surface area contributed by atoms with E-state index in [1.54, 1.807) is 24.3 Å². The van der Waals surface area contributed by atoms with Gasteiger partial charge >= 0.3 is 0 Å². The second kappa shape index (κ2) is 15.3. The molecule has 0 aliphatic rings. The van der Waals surface area contributed by atoms with Gasteiger partial charge in [0.1, 0.15) is 5.75 Å². The van der Waals surface area contributed by atoms with Crippen LogP contribution in [0.25, 0.3) is 0 Å². The molecule has 5 heteroatoms. The van der Waals surface area contributed by atoms with Crippen molar-refractivity contribution >= 4 is 32.8 Å². The number of hydrogen-bond acceptors (Lipinski definition) is 2. The third kappa shape index (κ3) is 12.9. The summed E-state index contributed by atoms with van der Waals surface area (Å²) in [5, 5.41) is 8.63. The molecule has 0 saturated heterocycles. The fourth-order valence-electron chi connectivity index (χ4n) is 2.74. The van der Waals surface area contributed by atoms with E-state index in [1.165, 1.54) is 0 Å². The van der Waals surface area contributed by atoms with E-state index in [2.05, 4.69) is 41.5 Å². The Kier molecular flexibility index (Phi) is 21.5. The summed E-state index contributed by atoms with van der Waals surface area (Å²) in [6.45, 7) is 14.3. The van der Waals surface area contributed by atoms with Crippen LogP contribution < -0.4 is 6.15 Å². The van der Waals surface area contributed by atoms with Gasteiger partial charge in [-0.2, -0.15) is 0 Å². The molecule has 0 spiro atoms. The molecule has 1 aromatic rings. The van der Waals surface area contributed by atoms with Gasteiger partial charge in [-0.3, -0.25) is 0 Å². The van der Waals surface area contributed by atoms with Crippen LogP contribution in [-0.2, 0) is 0 Å². The smallest absolute Gasteiger partial charge is 0.115 e. The predicted molar refractivity (Wildman–Crippen MR) is 105 cm³/mol. The highest BCUT2D eigenvalue weighted by Crippen LogP contribution is 2.28. The average Bonchev–Trinajstić information content (AvgIpc) is 2.17. The topological polar surface area (TPSA) is 86.7 Å². The van der Waals surface area contributed by atoms with Crippen molar-refractivity contribution < 1.29 is 10.6 Å². The van der Waals surface area contributed by atoms with Crippen molar-refractivity contribution in [2.75, 3.05) is 0 Å². The number of para-hydroxylation sites is 1. The van der Waals surface area contributed by atoms with E-state index >= 15 is 0 Å². The Morgan fingerprint density at radius 1 is 0.800 bits per heavy atom. The average molecular weight is 415 g/mol. The molecule has 0 amide bonds. The van der Waals surface area contributed by atoms with E-state index in [0.717, 1.165) is 16.6 Å². The van der Waals surface area contributed by atoms with Crippen molar-refractivity contribution in [1.29, 1.82) is 0 Å². The minimum absolute atomic E-state index is 0. The van der Waals surface area contributed by atoms with Gasteiger partial charge < -0.3 is 16.7 Å². The Morgan fingerprint density at radius 3 is 1.20 bits per heavy atom. The van der Waals surface area contributed by atoms with Crippen LogP contribution in [0.5, 0.6) is 5.75 Å². The van der Waals surface area contributed by atoms with Gasteiger partial charge in [0.2, 0.25) is 0 Å². The number of hydrogen-bond donors (Lipinski definition) is 2. The highest BCUT2D eigenvalue weighted by molar-refractivity contribution is 14.0. The Balaban J connectivity index is -0.000000115. The second-order valence-corrected chi connectivity index (χ2v) is 10.8. The molecule has 1 rings (SSSR count). The van der Waals surface area contributed by atoms with E-state index < -0.39 is 8.80 Å². The normalized spacial score (nSPS) is 9.30. The highest BCUT2D eigenvalue weighted by atomic mass is 127. The zero-order valence-corrected chi connectivity index (χ0v) is 17.2. The van der Waals surface area contributed by atoms with Gasteiger partial charge in [-0.05, 0) is 12.1 Å². The Bertz CT molecular complexity index is 276. The van der Waals surface area contributed by atoms with Crippen molar-refractivity contribution in [3.63, 3.8) is 0 Å². The lowest BCUT2D eigenvalue weighted by atomic mass is 10.3. The minimum atomic E-state index is -0.454. The maximum Gasteiger partial charge on any atom is 0.115 e. The Hall–Kier alpha value is -0.113. The van der Waals surface area contributed by atoms with Gasteiger partial charge in [0.15, 0.2) is 0 Å². The molecule has 3 nitrogen and oxygen atoms in total. The lowest BCUT2D eigenvalue weighted by Crippen LogP contribution is -2.24. The first-order valence-electron chi connectivity index (χ1n) is 6.60. The number of benzene rings is 1. The van der Waals surface area contributed by atoms with Gasteiger partial charge in [-0.15, -0.1) is 24.0 Å². The number of halogens is 1. The lowest BCUT2D eigenvalue weighted by molar-refractivity contribution is 0.475. The van der Waals surface area contributed by atoms with E-state index in [0.29, 0.717) is 5.75 Å². The lowest BCUT2D eigenvalue weighted by Gasteiger charge is -2.26. The molecular formula is C15H34INO2Si. The summed E-state index contributed by atoms with van der Waals surface area (Å²) in [6.07, 6.45) is 0. The zero-order chi connectivity index (χ0) is 13.4.